The van der Waals surface area contributed by atoms with Crippen LogP contribution in [0, 0.1) is 0 Å². The van der Waals surface area contributed by atoms with Crippen LogP contribution in [-0.2, 0) is 6.54 Å². The number of aromatic nitrogens is 1. The van der Waals surface area contributed by atoms with Crippen LogP contribution in [0.15, 0.2) is 48.7 Å². The lowest BCUT2D eigenvalue weighted by Gasteiger charge is -2.12. The summed E-state index contributed by atoms with van der Waals surface area (Å²) in [5.41, 5.74) is 2.59. The van der Waals surface area contributed by atoms with Crippen LogP contribution in [0.3, 0.4) is 0 Å². The molecule has 1 amide bonds. The Morgan fingerprint density at radius 1 is 1.14 bits per heavy atom. The molecule has 114 valence electrons. The highest BCUT2D eigenvalue weighted by atomic mass is 16.1. The van der Waals surface area contributed by atoms with Crippen LogP contribution < -0.4 is 10.6 Å². The molecule has 0 aliphatic heterocycles. The van der Waals surface area contributed by atoms with Crippen LogP contribution in [0.4, 0.5) is 5.69 Å². The summed E-state index contributed by atoms with van der Waals surface area (Å²) in [7, 11) is 0. The van der Waals surface area contributed by atoms with Crippen molar-refractivity contribution >= 4 is 11.6 Å². The number of nitrogens with zero attached hydrogens (tertiary/aromatic N) is 1. The molecule has 1 aliphatic carbocycles. The molecular weight excluding hydrogens is 274 g/mol. The number of nitrogens with one attached hydrogen (secondary N) is 2. The van der Waals surface area contributed by atoms with Crippen LogP contribution in [-0.4, -0.2) is 16.9 Å². The number of hydrogen-bond acceptors (Lipinski definition) is 3. The minimum atomic E-state index is -0.0738. The average Bonchev–Trinajstić information content (AvgIpc) is 3.07. The molecule has 0 atom stereocenters. The van der Waals surface area contributed by atoms with Crippen molar-refractivity contribution in [1.29, 1.82) is 0 Å². The fourth-order valence-corrected chi connectivity index (χ4v) is 2.79. The van der Waals surface area contributed by atoms with E-state index in [0.29, 0.717) is 11.7 Å². The van der Waals surface area contributed by atoms with E-state index in [4.69, 9.17) is 0 Å². The van der Waals surface area contributed by atoms with Gasteiger partial charge in [-0.15, -0.1) is 0 Å². The molecule has 1 aliphatic rings. The van der Waals surface area contributed by atoms with Crippen LogP contribution in [0.5, 0.6) is 0 Å². The first-order valence-corrected chi connectivity index (χ1v) is 7.86. The van der Waals surface area contributed by atoms with Gasteiger partial charge >= 0.3 is 0 Å². The molecule has 0 bridgehead atoms. The maximum Gasteiger partial charge on any atom is 0.270 e. The number of amides is 1. The monoisotopic (exact) mass is 295 g/mol. The average molecular weight is 295 g/mol. The van der Waals surface area contributed by atoms with Gasteiger partial charge in [-0.3, -0.25) is 9.78 Å². The van der Waals surface area contributed by atoms with Crippen molar-refractivity contribution in [2.45, 2.75) is 38.3 Å². The first-order chi connectivity index (χ1) is 10.8. The maximum absolute atomic E-state index is 12.2. The van der Waals surface area contributed by atoms with E-state index >= 15 is 0 Å². The Labute approximate surface area is 131 Å². The quantitative estimate of drug-likeness (QED) is 0.889. The van der Waals surface area contributed by atoms with E-state index in [1.807, 2.05) is 30.3 Å². The SMILES string of the molecule is O=C(NC1CCCC1)c1cc(NCc2ccccc2)ccn1. The van der Waals surface area contributed by atoms with Gasteiger partial charge in [-0.1, -0.05) is 43.2 Å². The summed E-state index contributed by atoms with van der Waals surface area (Å²) in [6, 6.07) is 14.2. The standard InChI is InChI=1S/C18H21N3O/c22-18(21-15-8-4-5-9-15)17-12-16(10-11-19-17)20-13-14-6-2-1-3-7-14/h1-3,6-7,10-12,15H,4-5,8-9,13H2,(H,19,20)(H,21,22). The molecule has 1 aromatic heterocycles. The van der Waals surface area contributed by atoms with Crippen molar-refractivity contribution in [3.05, 3.63) is 59.9 Å². The van der Waals surface area contributed by atoms with Crippen LogP contribution in [0.2, 0.25) is 0 Å². The second-order valence-corrected chi connectivity index (χ2v) is 5.72. The molecule has 0 radical (unpaired) electrons. The molecule has 1 heterocycles. The zero-order chi connectivity index (χ0) is 15.2. The fourth-order valence-electron chi connectivity index (χ4n) is 2.79. The van der Waals surface area contributed by atoms with Gasteiger partial charge in [-0.25, -0.2) is 0 Å². The largest absolute Gasteiger partial charge is 0.381 e. The van der Waals surface area contributed by atoms with Crippen molar-refractivity contribution in [1.82, 2.24) is 10.3 Å². The highest BCUT2D eigenvalue weighted by molar-refractivity contribution is 5.93. The smallest absolute Gasteiger partial charge is 0.270 e. The van der Waals surface area contributed by atoms with Gasteiger partial charge in [0.1, 0.15) is 5.69 Å². The lowest BCUT2D eigenvalue weighted by Crippen LogP contribution is -2.33. The molecular formula is C18H21N3O. The van der Waals surface area contributed by atoms with Crippen LogP contribution >= 0.6 is 0 Å². The third kappa shape index (κ3) is 3.85. The molecule has 1 saturated carbocycles. The summed E-state index contributed by atoms with van der Waals surface area (Å²) in [5.74, 6) is -0.0738. The number of carbonyl (C=O) groups excluding carboxylic acids is 1. The maximum atomic E-state index is 12.2. The normalized spacial score (nSPS) is 14.7. The van der Waals surface area contributed by atoms with E-state index in [1.165, 1.54) is 18.4 Å². The molecule has 4 nitrogen and oxygen atoms in total. The number of hydrogen-bond donors (Lipinski definition) is 2. The Balaban J connectivity index is 1.60. The molecule has 22 heavy (non-hydrogen) atoms. The van der Waals surface area contributed by atoms with Gasteiger partial charge in [-0.2, -0.15) is 0 Å². The van der Waals surface area contributed by atoms with Crippen molar-refractivity contribution in [3.8, 4) is 0 Å². The van der Waals surface area contributed by atoms with Gasteiger partial charge in [-0.05, 0) is 30.5 Å². The number of carbonyl (C=O) groups is 1. The van der Waals surface area contributed by atoms with E-state index in [0.717, 1.165) is 25.1 Å². The molecule has 2 aromatic rings. The minimum Gasteiger partial charge on any atom is -0.381 e. The molecule has 0 unspecified atom stereocenters. The predicted molar refractivity (Wildman–Crippen MR) is 87.7 cm³/mol. The molecule has 0 saturated heterocycles. The van der Waals surface area contributed by atoms with Gasteiger partial charge in [0.05, 0.1) is 0 Å². The third-order valence-electron chi connectivity index (χ3n) is 4.02. The molecule has 4 heteroatoms. The molecule has 2 N–H and O–H groups in total. The predicted octanol–water partition coefficient (Wildman–Crippen LogP) is 3.37. The van der Waals surface area contributed by atoms with Crippen molar-refractivity contribution in [2.24, 2.45) is 0 Å². The summed E-state index contributed by atoms with van der Waals surface area (Å²) in [5, 5.41) is 6.40. The van der Waals surface area contributed by atoms with Gasteiger partial charge in [0.2, 0.25) is 0 Å². The summed E-state index contributed by atoms with van der Waals surface area (Å²) in [6.07, 6.45) is 6.25. The molecule has 1 aromatic carbocycles. The Morgan fingerprint density at radius 2 is 1.91 bits per heavy atom. The molecule has 3 rings (SSSR count). The molecule has 1 fully saturated rings. The first-order valence-electron chi connectivity index (χ1n) is 7.86. The molecule has 0 spiro atoms. The second kappa shape index (κ2) is 7.07. The van der Waals surface area contributed by atoms with Crippen molar-refractivity contribution in [2.75, 3.05) is 5.32 Å². The number of pyridine rings is 1. The van der Waals surface area contributed by atoms with Crippen LogP contribution in [0.25, 0.3) is 0 Å². The van der Waals surface area contributed by atoms with Crippen molar-refractivity contribution < 1.29 is 4.79 Å². The highest BCUT2D eigenvalue weighted by Crippen LogP contribution is 2.18. The number of anilines is 1. The Kier molecular flexibility index (Phi) is 4.68. The third-order valence-corrected chi connectivity index (χ3v) is 4.02. The van der Waals surface area contributed by atoms with Gasteiger partial charge in [0.15, 0.2) is 0 Å². The number of rotatable bonds is 5. The Bertz CT molecular complexity index is 621. The highest BCUT2D eigenvalue weighted by Gasteiger charge is 2.18. The Hall–Kier alpha value is -2.36. The topological polar surface area (TPSA) is 54.0 Å². The zero-order valence-electron chi connectivity index (χ0n) is 12.6. The summed E-state index contributed by atoms with van der Waals surface area (Å²) in [4.78, 5) is 16.4. The van der Waals surface area contributed by atoms with E-state index in [-0.39, 0.29) is 5.91 Å². The van der Waals surface area contributed by atoms with Gasteiger partial charge < -0.3 is 10.6 Å². The van der Waals surface area contributed by atoms with Gasteiger partial charge in [0.25, 0.3) is 5.91 Å². The minimum absolute atomic E-state index is 0.0738. The van der Waals surface area contributed by atoms with Crippen LogP contribution in [0.1, 0.15) is 41.7 Å². The van der Waals surface area contributed by atoms with E-state index in [2.05, 4.69) is 27.8 Å². The zero-order valence-corrected chi connectivity index (χ0v) is 12.6. The van der Waals surface area contributed by atoms with Gasteiger partial charge in [0, 0.05) is 24.5 Å². The Morgan fingerprint density at radius 3 is 2.68 bits per heavy atom. The summed E-state index contributed by atoms with van der Waals surface area (Å²) in [6.45, 7) is 0.731. The lowest BCUT2D eigenvalue weighted by molar-refractivity contribution is 0.0933. The summed E-state index contributed by atoms with van der Waals surface area (Å²) < 4.78 is 0. The van der Waals surface area contributed by atoms with E-state index in [9.17, 15) is 4.79 Å². The first kappa shape index (κ1) is 14.6. The van der Waals surface area contributed by atoms with E-state index in [1.54, 1.807) is 6.20 Å². The van der Waals surface area contributed by atoms with Crippen molar-refractivity contribution in [3.63, 3.8) is 0 Å². The fraction of sp³-hybridized carbons (Fsp3) is 0.333. The summed E-state index contributed by atoms with van der Waals surface area (Å²) >= 11 is 0. The second-order valence-electron chi connectivity index (χ2n) is 5.72. The number of benzene rings is 1. The lowest BCUT2D eigenvalue weighted by atomic mass is 10.2. The van der Waals surface area contributed by atoms with E-state index < -0.39 is 0 Å².